The van der Waals surface area contributed by atoms with Gasteiger partial charge in [-0.25, -0.2) is 8.78 Å². The Morgan fingerprint density at radius 2 is 1.58 bits per heavy atom. The van der Waals surface area contributed by atoms with Crippen molar-refractivity contribution in [2.24, 2.45) is 0 Å². The van der Waals surface area contributed by atoms with Crippen molar-refractivity contribution in [2.75, 3.05) is 0 Å². The van der Waals surface area contributed by atoms with Crippen molar-refractivity contribution in [3.05, 3.63) is 107 Å². The molecule has 1 amide bonds. The summed E-state index contributed by atoms with van der Waals surface area (Å²) in [6.45, 7) is 0. The quantitative estimate of drug-likeness (QED) is 0.345. The topological polar surface area (TPSA) is 67.8 Å². The molecule has 1 heterocycles. The molecule has 1 aliphatic heterocycles. The zero-order valence-electron chi connectivity index (χ0n) is 18.6. The lowest BCUT2D eigenvalue weighted by atomic mass is 9.95. The molecule has 0 radical (unpaired) electrons. The Kier molecular flexibility index (Phi) is 6.01. The first-order valence-corrected chi connectivity index (χ1v) is 11.0. The predicted octanol–water partition coefficient (Wildman–Crippen LogP) is 5.51. The number of carbonyl (C=O) groups is 1. The van der Waals surface area contributed by atoms with Crippen LogP contribution in [0.1, 0.15) is 27.6 Å². The summed E-state index contributed by atoms with van der Waals surface area (Å²) in [5.41, 5.74) is 0.983. The third kappa shape index (κ3) is 4.70. The Balaban J connectivity index is 1.47. The summed E-state index contributed by atoms with van der Waals surface area (Å²) < 4.78 is 63.5. The molecule has 0 aromatic heterocycles. The highest BCUT2D eigenvalue weighted by Crippen LogP contribution is 2.41. The highest BCUT2D eigenvalue weighted by atomic mass is 19.3. The molecule has 4 aromatic rings. The number of alkyl halides is 2. The van der Waals surface area contributed by atoms with Gasteiger partial charge in [-0.2, -0.15) is 0 Å². The molecule has 0 saturated carbocycles. The fourth-order valence-electron chi connectivity index (χ4n) is 4.21. The van der Waals surface area contributed by atoms with E-state index in [-0.39, 0.29) is 28.9 Å². The summed E-state index contributed by atoms with van der Waals surface area (Å²) in [7, 11) is 0. The molecule has 184 valence electrons. The molecule has 0 fully saturated rings. The molecule has 36 heavy (non-hydrogen) atoms. The standard InChI is InChI=1S/C27H19F4NO4/c28-17-8-6-16(7-9-17)25(33)22(13-15-5-12-23-24(14-15)36-27(30,31)35-23)32-26(34)20-10-11-21(29)19-4-2-1-3-18(19)20/h1-12,14,22,25,33H,13H2,(H,32,34). The van der Waals surface area contributed by atoms with Crippen LogP contribution < -0.4 is 14.8 Å². The Morgan fingerprint density at radius 1 is 0.889 bits per heavy atom. The first-order chi connectivity index (χ1) is 17.2. The normalized spacial score (nSPS) is 15.5. The van der Waals surface area contributed by atoms with Crippen molar-refractivity contribution in [3.8, 4) is 11.5 Å². The van der Waals surface area contributed by atoms with Crippen LogP contribution in [0.4, 0.5) is 17.6 Å². The van der Waals surface area contributed by atoms with Gasteiger partial charge in [0.05, 0.1) is 12.1 Å². The second-order valence-corrected chi connectivity index (χ2v) is 8.37. The molecule has 0 saturated heterocycles. The van der Waals surface area contributed by atoms with Crippen LogP contribution in [0.3, 0.4) is 0 Å². The van der Waals surface area contributed by atoms with Crippen molar-refractivity contribution < 1.29 is 36.9 Å². The highest BCUT2D eigenvalue weighted by molar-refractivity contribution is 6.07. The summed E-state index contributed by atoms with van der Waals surface area (Å²) in [4.78, 5) is 13.3. The summed E-state index contributed by atoms with van der Waals surface area (Å²) in [5, 5.41) is 14.5. The molecule has 0 bridgehead atoms. The van der Waals surface area contributed by atoms with Gasteiger partial charge in [0.15, 0.2) is 11.5 Å². The molecule has 2 N–H and O–H groups in total. The first-order valence-electron chi connectivity index (χ1n) is 11.0. The summed E-state index contributed by atoms with van der Waals surface area (Å²) in [5.74, 6) is -1.88. The van der Waals surface area contributed by atoms with Crippen LogP contribution >= 0.6 is 0 Å². The molecule has 2 atom stereocenters. The predicted molar refractivity (Wildman–Crippen MR) is 123 cm³/mol. The smallest absolute Gasteiger partial charge is 0.395 e. The molecule has 5 nitrogen and oxygen atoms in total. The van der Waals surface area contributed by atoms with Crippen molar-refractivity contribution in [3.63, 3.8) is 0 Å². The fourth-order valence-corrected chi connectivity index (χ4v) is 4.21. The van der Waals surface area contributed by atoms with E-state index in [1.807, 2.05) is 0 Å². The van der Waals surface area contributed by atoms with Gasteiger partial charge in [0, 0.05) is 10.9 Å². The summed E-state index contributed by atoms with van der Waals surface area (Å²) in [6, 6.07) is 17.3. The number of aliphatic hydroxyl groups is 1. The van der Waals surface area contributed by atoms with Crippen LogP contribution in [0, 0.1) is 11.6 Å². The minimum atomic E-state index is -3.79. The number of hydrogen-bond donors (Lipinski definition) is 2. The van der Waals surface area contributed by atoms with E-state index in [0.717, 1.165) is 0 Å². The van der Waals surface area contributed by atoms with Crippen LogP contribution in [-0.4, -0.2) is 23.4 Å². The van der Waals surface area contributed by atoms with Crippen molar-refractivity contribution >= 4 is 16.7 Å². The Bertz CT molecular complexity index is 1440. The molecule has 9 heteroatoms. The summed E-state index contributed by atoms with van der Waals surface area (Å²) >= 11 is 0. The lowest BCUT2D eigenvalue weighted by Crippen LogP contribution is -2.41. The van der Waals surface area contributed by atoms with Gasteiger partial charge in [0.25, 0.3) is 5.91 Å². The number of fused-ring (bicyclic) bond motifs is 2. The number of carbonyl (C=O) groups excluding carboxylic acids is 1. The van der Waals surface area contributed by atoms with Crippen molar-refractivity contribution in [2.45, 2.75) is 24.9 Å². The van der Waals surface area contributed by atoms with Gasteiger partial charge >= 0.3 is 6.29 Å². The highest BCUT2D eigenvalue weighted by Gasteiger charge is 2.43. The minimum Gasteiger partial charge on any atom is -0.395 e. The molecule has 0 spiro atoms. The van der Waals surface area contributed by atoms with Gasteiger partial charge in [-0.15, -0.1) is 8.78 Å². The third-order valence-electron chi connectivity index (χ3n) is 5.95. The van der Waals surface area contributed by atoms with E-state index in [0.29, 0.717) is 16.5 Å². The third-order valence-corrected chi connectivity index (χ3v) is 5.95. The van der Waals surface area contributed by atoms with Crippen molar-refractivity contribution in [1.29, 1.82) is 0 Å². The number of aliphatic hydroxyl groups excluding tert-OH is 1. The van der Waals surface area contributed by atoms with Gasteiger partial charge in [-0.1, -0.05) is 42.5 Å². The average Bonchev–Trinajstić information content (AvgIpc) is 3.17. The second kappa shape index (κ2) is 9.16. The number of hydrogen-bond acceptors (Lipinski definition) is 4. The summed E-state index contributed by atoms with van der Waals surface area (Å²) in [6.07, 6.45) is -5.06. The zero-order chi connectivity index (χ0) is 25.4. The number of benzene rings is 4. The van der Waals surface area contributed by atoms with Crippen LogP contribution in [0.25, 0.3) is 10.8 Å². The van der Waals surface area contributed by atoms with E-state index >= 15 is 0 Å². The van der Waals surface area contributed by atoms with Crippen LogP contribution in [0.2, 0.25) is 0 Å². The fraction of sp³-hybridized carbons (Fsp3) is 0.148. The molecule has 0 aliphatic carbocycles. The number of halogens is 4. The van der Waals surface area contributed by atoms with E-state index in [4.69, 9.17) is 0 Å². The van der Waals surface area contributed by atoms with Crippen LogP contribution in [0.15, 0.2) is 78.9 Å². The maximum Gasteiger partial charge on any atom is 0.586 e. The number of rotatable bonds is 6. The van der Waals surface area contributed by atoms with Crippen molar-refractivity contribution in [1.82, 2.24) is 5.32 Å². The van der Waals surface area contributed by atoms with E-state index in [1.54, 1.807) is 24.3 Å². The van der Waals surface area contributed by atoms with E-state index < -0.39 is 36.0 Å². The van der Waals surface area contributed by atoms with Gasteiger partial charge in [-0.3, -0.25) is 4.79 Å². The Hall–Kier alpha value is -4.11. The molecule has 2 unspecified atom stereocenters. The first kappa shape index (κ1) is 23.6. The number of ether oxygens (including phenoxy) is 2. The number of amides is 1. The zero-order valence-corrected chi connectivity index (χ0v) is 18.6. The molecular weight excluding hydrogens is 478 g/mol. The SMILES string of the molecule is O=C(NC(Cc1ccc2c(c1)OC(F)(F)O2)C(O)c1ccc(F)cc1)c1ccc(F)c2ccccc12. The lowest BCUT2D eigenvalue weighted by Gasteiger charge is -2.25. The number of nitrogens with one attached hydrogen (secondary N) is 1. The molecule has 4 aromatic carbocycles. The Labute approximate surface area is 202 Å². The molecule has 1 aliphatic rings. The second-order valence-electron chi connectivity index (χ2n) is 8.37. The minimum absolute atomic E-state index is 0.00558. The maximum absolute atomic E-state index is 14.2. The molecule has 5 rings (SSSR count). The molecular formula is C27H19F4NO4. The van der Waals surface area contributed by atoms with E-state index in [9.17, 15) is 27.5 Å². The lowest BCUT2D eigenvalue weighted by molar-refractivity contribution is -0.286. The van der Waals surface area contributed by atoms with E-state index in [2.05, 4.69) is 14.8 Å². The van der Waals surface area contributed by atoms with Gasteiger partial charge < -0.3 is 19.9 Å². The maximum atomic E-state index is 14.2. The van der Waals surface area contributed by atoms with Gasteiger partial charge in [-0.05, 0) is 59.3 Å². The van der Waals surface area contributed by atoms with Gasteiger partial charge in [0.2, 0.25) is 0 Å². The average molecular weight is 497 g/mol. The van der Waals surface area contributed by atoms with Gasteiger partial charge in [0.1, 0.15) is 11.6 Å². The van der Waals surface area contributed by atoms with Crippen LogP contribution in [0.5, 0.6) is 11.5 Å². The monoisotopic (exact) mass is 497 g/mol. The van der Waals surface area contributed by atoms with Crippen LogP contribution in [-0.2, 0) is 6.42 Å². The van der Waals surface area contributed by atoms with E-state index in [1.165, 1.54) is 54.6 Å². The Morgan fingerprint density at radius 3 is 2.33 bits per heavy atom. The largest absolute Gasteiger partial charge is 0.586 e.